The standard InChI is InChI=1S/C14H27N5O3/c1-2-9-19(12(20)10-5-3-7-17-10)11(13(21)22)6-4-8-18-14(15)16/h10-11,17H,2-9H2,1H3,(H,21,22)(H4,15,16,18)/t10-,11-/m0/s1. The molecule has 0 aromatic heterocycles. The summed E-state index contributed by atoms with van der Waals surface area (Å²) in [7, 11) is 0. The lowest BCUT2D eigenvalue weighted by Crippen LogP contribution is -2.51. The molecule has 126 valence electrons. The minimum absolute atomic E-state index is 0.119. The third-order valence-corrected chi connectivity index (χ3v) is 3.74. The highest BCUT2D eigenvalue weighted by Gasteiger charge is 2.33. The van der Waals surface area contributed by atoms with Crippen LogP contribution in [0.4, 0.5) is 0 Å². The Bertz CT molecular complexity index is 396. The van der Waals surface area contributed by atoms with E-state index < -0.39 is 12.0 Å². The maximum absolute atomic E-state index is 12.6. The molecule has 1 saturated heterocycles. The summed E-state index contributed by atoms with van der Waals surface area (Å²) >= 11 is 0. The van der Waals surface area contributed by atoms with E-state index in [4.69, 9.17) is 11.1 Å². The van der Waals surface area contributed by atoms with Gasteiger partial charge in [0, 0.05) is 13.1 Å². The zero-order valence-corrected chi connectivity index (χ0v) is 13.1. The van der Waals surface area contributed by atoms with Crippen LogP contribution in [-0.4, -0.2) is 59.6 Å². The predicted molar refractivity (Wildman–Crippen MR) is 83.6 cm³/mol. The van der Waals surface area contributed by atoms with E-state index in [0.717, 1.165) is 19.4 Å². The number of rotatable bonds is 9. The Labute approximate surface area is 130 Å². The quantitative estimate of drug-likeness (QED) is 0.225. The molecule has 0 aromatic carbocycles. The Morgan fingerprint density at radius 2 is 2.27 bits per heavy atom. The predicted octanol–water partition coefficient (Wildman–Crippen LogP) is -0.307. The summed E-state index contributed by atoms with van der Waals surface area (Å²) in [5.74, 6) is -1.24. The SMILES string of the molecule is CCCN(C(=O)[C@@H]1CCCN1)[C@@H](CCCNC(=N)N)C(=O)O. The van der Waals surface area contributed by atoms with Gasteiger partial charge < -0.3 is 26.4 Å². The lowest BCUT2D eigenvalue weighted by molar-refractivity contribution is -0.151. The molecule has 0 radical (unpaired) electrons. The van der Waals surface area contributed by atoms with Crippen LogP contribution in [0, 0.1) is 5.41 Å². The van der Waals surface area contributed by atoms with Crippen LogP contribution < -0.4 is 16.4 Å². The van der Waals surface area contributed by atoms with Crippen molar-refractivity contribution in [3.8, 4) is 0 Å². The fourth-order valence-electron chi connectivity index (χ4n) is 2.69. The number of carbonyl (C=O) groups is 2. The average molecular weight is 313 g/mol. The van der Waals surface area contributed by atoms with Gasteiger partial charge in [-0.05, 0) is 38.6 Å². The molecular formula is C14H27N5O3. The number of nitrogens with zero attached hydrogens (tertiary/aromatic N) is 1. The molecule has 1 heterocycles. The van der Waals surface area contributed by atoms with Crippen LogP contribution in [0.2, 0.25) is 0 Å². The van der Waals surface area contributed by atoms with Gasteiger partial charge in [-0.1, -0.05) is 6.92 Å². The smallest absolute Gasteiger partial charge is 0.326 e. The van der Waals surface area contributed by atoms with Gasteiger partial charge in [0.2, 0.25) is 5.91 Å². The Morgan fingerprint density at radius 3 is 2.77 bits per heavy atom. The summed E-state index contributed by atoms with van der Waals surface area (Å²) in [6.07, 6.45) is 3.29. The highest BCUT2D eigenvalue weighted by molar-refractivity contribution is 5.87. The molecule has 2 atom stereocenters. The van der Waals surface area contributed by atoms with Crippen molar-refractivity contribution in [3.05, 3.63) is 0 Å². The molecule has 1 aliphatic rings. The third-order valence-electron chi connectivity index (χ3n) is 3.74. The number of carboxylic acids is 1. The summed E-state index contributed by atoms with van der Waals surface area (Å²) in [4.78, 5) is 25.6. The molecule has 0 bridgehead atoms. The van der Waals surface area contributed by atoms with Gasteiger partial charge in [0.1, 0.15) is 6.04 Å². The summed E-state index contributed by atoms with van der Waals surface area (Å²) < 4.78 is 0. The minimum atomic E-state index is -0.984. The molecule has 1 fully saturated rings. The summed E-state index contributed by atoms with van der Waals surface area (Å²) in [6, 6.07) is -1.09. The highest BCUT2D eigenvalue weighted by atomic mass is 16.4. The van der Waals surface area contributed by atoms with Crippen LogP contribution in [0.1, 0.15) is 39.0 Å². The minimum Gasteiger partial charge on any atom is -0.480 e. The molecule has 1 rings (SSSR count). The average Bonchev–Trinajstić information content (AvgIpc) is 2.98. The fraction of sp³-hybridized carbons (Fsp3) is 0.786. The molecule has 6 N–H and O–H groups in total. The lowest BCUT2D eigenvalue weighted by Gasteiger charge is -2.31. The lowest BCUT2D eigenvalue weighted by atomic mass is 10.1. The number of nitrogens with two attached hydrogens (primary N) is 1. The van der Waals surface area contributed by atoms with Crippen molar-refractivity contribution in [2.45, 2.75) is 51.1 Å². The number of hydrogen-bond donors (Lipinski definition) is 5. The normalized spacial score (nSPS) is 18.7. The van der Waals surface area contributed by atoms with Crippen molar-refractivity contribution >= 4 is 17.8 Å². The van der Waals surface area contributed by atoms with E-state index in [0.29, 0.717) is 32.4 Å². The van der Waals surface area contributed by atoms with E-state index in [-0.39, 0.29) is 17.9 Å². The number of nitrogens with one attached hydrogen (secondary N) is 3. The maximum atomic E-state index is 12.6. The van der Waals surface area contributed by atoms with Crippen LogP contribution in [0.3, 0.4) is 0 Å². The molecule has 0 aliphatic carbocycles. The Hall–Kier alpha value is -1.83. The van der Waals surface area contributed by atoms with Gasteiger partial charge in [0.05, 0.1) is 6.04 Å². The van der Waals surface area contributed by atoms with Crippen LogP contribution in [0.5, 0.6) is 0 Å². The topological polar surface area (TPSA) is 132 Å². The molecular weight excluding hydrogens is 286 g/mol. The first kappa shape index (κ1) is 18.2. The molecule has 0 saturated carbocycles. The largest absolute Gasteiger partial charge is 0.480 e. The molecule has 22 heavy (non-hydrogen) atoms. The summed E-state index contributed by atoms with van der Waals surface area (Å²) in [5.41, 5.74) is 5.19. The van der Waals surface area contributed by atoms with Crippen LogP contribution in [-0.2, 0) is 9.59 Å². The van der Waals surface area contributed by atoms with Crippen molar-refractivity contribution < 1.29 is 14.7 Å². The summed E-state index contributed by atoms with van der Waals surface area (Å²) in [5, 5.41) is 22.3. The van der Waals surface area contributed by atoms with Crippen molar-refractivity contribution in [2.24, 2.45) is 5.73 Å². The van der Waals surface area contributed by atoms with E-state index in [1.807, 2.05) is 6.92 Å². The van der Waals surface area contributed by atoms with E-state index in [1.165, 1.54) is 4.90 Å². The van der Waals surface area contributed by atoms with E-state index >= 15 is 0 Å². The molecule has 8 heteroatoms. The van der Waals surface area contributed by atoms with Crippen LogP contribution >= 0.6 is 0 Å². The van der Waals surface area contributed by atoms with Crippen molar-refractivity contribution in [3.63, 3.8) is 0 Å². The number of hydrogen-bond acceptors (Lipinski definition) is 4. The molecule has 8 nitrogen and oxygen atoms in total. The second-order valence-corrected chi connectivity index (χ2v) is 5.52. The van der Waals surface area contributed by atoms with E-state index in [1.54, 1.807) is 0 Å². The van der Waals surface area contributed by atoms with E-state index in [9.17, 15) is 14.7 Å². The Morgan fingerprint density at radius 1 is 1.55 bits per heavy atom. The van der Waals surface area contributed by atoms with Gasteiger partial charge in [-0.25, -0.2) is 4.79 Å². The first-order valence-electron chi connectivity index (χ1n) is 7.82. The zero-order valence-electron chi connectivity index (χ0n) is 13.1. The zero-order chi connectivity index (χ0) is 16.5. The maximum Gasteiger partial charge on any atom is 0.326 e. The molecule has 0 spiro atoms. The van der Waals surface area contributed by atoms with Gasteiger partial charge in [-0.3, -0.25) is 10.2 Å². The van der Waals surface area contributed by atoms with Crippen LogP contribution in [0.25, 0.3) is 0 Å². The van der Waals surface area contributed by atoms with Gasteiger partial charge >= 0.3 is 5.97 Å². The highest BCUT2D eigenvalue weighted by Crippen LogP contribution is 2.15. The second-order valence-electron chi connectivity index (χ2n) is 5.52. The monoisotopic (exact) mass is 313 g/mol. The molecule has 0 unspecified atom stereocenters. The number of guanidine groups is 1. The van der Waals surface area contributed by atoms with Crippen LogP contribution in [0.15, 0.2) is 0 Å². The number of carbonyl (C=O) groups excluding carboxylic acids is 1. The van der Waals surface area contributed by atoms with Gasteiger partial charge in [-0.15, -0.1) is 0 Å². The van der Waals surface area contributed by atoms with Gasteiger partial charge in [0.15, 0.2) is 5.96 Å². The first-order chi connectivity index (χ1) is 10.5. The second kappa shape index (κ2) is 9.24. The van der Waals surface area contributed by atoms with Gasteiger partial charge in [0.25, 0.3) is 0 Å². The van der Waals surface area contributed by atoms with Gasteiger partial charge in [-0.2, -0.15) is 0 Å². The summed E-state index contributed by atoms with van der Waals surface area (Å²) in [6.45, 7) is 3.60. The molecule has 1 aliphatic heterocycles. The molecule has 0 aromatic rings. The third kappa shape index (κ3) is 5.51. The van der Waals surface area contributed by atoms with Crippen molar-refractivity contribution in [1.29, 1.82) is 5.41 Å². The van der Waals surface area contributed by atoms with Crippen molar-refractivity contribution in [2.75, 3.05) is 19.6 Å². The Balaban J connectivity index is 2.66. The van der Waals surface area contributed by atoms with E-state index in [2.05, 4.69) is 10.6 Å². The number of amides is 1. The first-order valence-corrected chi connectivity index (χ1v) is 7.82. The Kier molecular flexibility index (Phi) is 7.65. The molecule has 1 amide bonds. The number of carboxylic acid groups (broad SMARTS) is 1. The number of aliphatic carboxylic acids is 1. The fourth-order valence-corrected chi connectivity index (χ4v) is 2.69. The van der Waals surface area contributed by atoms with Crippen molar-refractivity contribution in [1.82, 2.24) is 15.5 Å².